The van der Waals surface area contributed by atoms with Crippen LogP contribution in [0.25, 0.3) is 0 Å². The van der Waals surface area contributed by atoms with E-state index in [1.165, 1.54) is 25.3 Å². The Morgan fingerprint density at radius 1 is 1.17 bits per heavy atom. The second-order valence-electron chi connectivity index (χ2n) is 4.68. The number of nitrogens with one attached hydrogen (secondary N) is 1. The smallest absolute Gasteiger partial charge is 0.275 e. The van der Waals surface area contributed by atoms with Gasteiger partial charge in [-0.1, -0.05) is 15.9 Å². The summed E-state index contributed by atoms with van der Waals surface area (Å²) in [6, 6.07) is 9.19. The number of amides is 1. The molecule has 0 aliphatic carbocycles. The third-order valence-electron chi connectivity index (χ3n) is 3.10. The Morgan fingerprint density at radius 2 is 1.91 bits per heavy atom. The van der Waals surface area contributed by atoms with Crippen LogP contribution >= 0.6 is 15.9 Å². The molecule has 120 valence electrons. The van der Waals surface area contributed by atoms with Gasteiger partial charge < -0.3 is 14.9 Å². The van der Waals surface area contributed by atoms with E-state index in [2.05, 4.69) is 26.5 Å². The van der Waals surface area contributed by atoms with Crippen molar-refractivity contribution in [2.45, 2.75) is 6.92 Å². The van der Waals surface area contributed by atoms with Crippen molar-refractivity contribution in [1.29, 1.82) is 0 Å². The average Bonchev–Trinajstić information content (AvgIpc) is 2.52. The first kappa shape index (κ1) is 16.8. The molecule has 0 aromatic heterocycles. The number of nitrogens with zero attached hydrogens (tertiary/aromatic N) is 1. The Balaban J connectivity index is 2.22. The van der Waals surface area contributed by atoms with Crippen LogP contribution in [0.2, 0.25) is 0 Å². The zero-order valence-electron chi connectivity index (χ0n) is 12.5. The van der Waals surface area contributed by atoms with Crippen LogP contribution in [-0.2, 0) is 0 Å². The van der Waals surface area contributed by atoms with Crippen LogP contribution in [0, 0.1) is 0 Å². The van der Waals surface area contributed by atoms with Gasteiger partial charge in [0.25, 0.3) is 5.91 Å². The molecule has 3 N–H and O–H groups in total. The molecule has 6 nitrogen and oxygen atoms in total. The predicted molar refractivity (Wildman–Crippen MR) is 90.1 cm³/mol. The standard InChI is InChI=1S/C16H15BrN2O4/c1-9(12-5-4-11(20)8-14(12)21)18-19-16(22)13-7-10(17)3-6-15(13)23-2/h3-8,20-21H,1-2H3,(H,19,22)/b18-9-. The molecule has 0 unspecified atom stereocenters. The van der Waals surface area contributed by atoms with Crippen LogP contribution in [0.1, 0.15) is 22.8 Å². The first-order chi connectivity index (χ1) is 10.9. The van der Waals surface area contributed by atoms with Gasteiger partial charge in [-0.2, -0.15) is 5.10 Å². The van der Waals surface area contributed by atoms with Gasteiger partial charge in [0.15, 0.2) is 0 Å². The van der Waals surface area contributed by atoms with Gasteiger partial charge in [0.2, 0.25) is 0 Å². The van der Waals surface area contributed by atoms with E-state index in [1.54, 1.807) is 25.1 Å². The van der Waals surface area contributed by atoms with Crippen molar-refractivity contribution >= 4 is 27.5 Å². The zero-order chi connectivity index (χ0) is 17.0. The van der Waals surface area contributed by atoms with Gasteiger partial charge in [0.1, 0.15) is 17.2 Å². The molecule has 2 aromatic carbocycles. The minimum absolute atomic E-state index is 0.0537. The molecule has 0 radical (unpaired) electrons. The van der Waals surface area contributed by atoms with Crippen LogP contribution < -0.4 is 10.2 Å². The molecule has 2 aromatic rings. The molecule has 23 heavy (non-hydrogen) atoms. The minimum Gasteiger partial charge on any atom is -0.508 e. The fraction of sp³-hybridized carbons (Fsp3) is 0.125. The molecule has 7 heteroatoms. The second-order valence-corrected chi connectivity index (χ2v) is 5.60. The van der Waals surface area contributed by atoms with Crippen molar-refractivity contribution in [2.75, 3.05) is 7.11 Å². The van der Waals surface area contributed by atoms with Crippen molar-refractivity contribution in [2.24, 2.45) is 5.10 Å². The molecule has 0 aliphatic heterocycles. The Labute approximate surface area is 141 Å². The van der Waals surface area contributed by atoms with Gasteiger partial charge in [-0.05, 0) is 37.3 Å². The number of rotatable bonds is 4. The van der Waals surface area contributed by atoms with Gasteiger partial charge in [-0.15, -0.1) is 0 Å². The fourth-order valence-corrected chi connectivity index (χ4v) is 2.30. The summed E-state index contributed by atoms with van der Waals surface area (Å²) in [6.07, 6.45) is 0. The summed E-state index contributed by atoms with van der Waals surface area (Å²) in [5.74, 6) is -0.200. The normalized spacial score (nSPS) is 11.2. The number of benzene rings is 2. The number of hydrogen-bond acceptors (Lipinski definition) is 5. The fourth-order valence-electron chi connectivity index (χ4n) is 1.94. The molecule has 0 aliphatic rings. The van der Waals surface area contributed by atoms with Crippen molar-refractivity contribution in [3.05, 3.63) is 52.0 Å². The van der Waals surface area contributed by atoms with Crippen LogP contribution in [0.4, 0.5) is 0 Å². The zero-order valence-corrected chi connectivity index (χ0v) is 14.1. The van der Waals surface area contributed by atoms with Crippen LogP contribution in [0.3, 0.4) is 0 Å². The molecule has 1 amide bonds. The maximum Gasteiger partial charge on any atom is 0.275 e. The first-order valence-electron chi connectivity index (χ1n) is 6.63. The number of phenolic OH excluding ortho intramolecular Hbond substituents is 2. The highest BCUT2D eigenvalue weighted by atomic mass is 79.9. The number of phenols is 2. The maximum atomic E-state index is 12.2. The second kappa shape index (κ2) is 7.15. The Hall–Kier alpha value is -2.54. The number of ether oxygens (including phenoxy) is 1. The lowest BCUT2D eigenvalue weighted by Crippen LogP contribution is -2.20. The molecule has 0 fully saturated rings. The van der Waals surface area contributed by atoms with E-state index in [4.69, 9.17) is 4.74 Å². The monoisotopic (exact) mass is 378 g/mol. The van der Waals surface area contributed by atoms with E-state index in [0.29, 0.717) is 22.6 Å². The summed E-state index contributed by atoms with van der Waals surface area (Å²) in [4.78, 5) is 12.2. The molecule has 0 heterocycles. The lowest BCUT2D eigenvalue weighted by molar-refractivity contribution is 0.0951. The molecule has 2 rings (SSSR count). The molecular weight excluding hydrogens is 364 g/mol. The third-order valence-corrected chi connectivity index (χ3v) is 3.60. The van der Waals surface area contributed by atoms with Crippen molar-refractivity contribution < 1.29 is 19.7 Å². The van der Waals surface area contributed by atoms with Gasteiger partial charge in [0.05, 0.1) is 18.4 Å². The minimum atomic E-state index is -0.444. The topological polar surface area (TPSA) is 91.2 Å². The van der Waals surface area contributed by atoms with Crippen LogP contribution in [0.5, 0.6) is 17.2 Å². The van der Waals surface area contributed by atoms with E-state index >= 15 is 0 Å². The molecule has 0 bridgehead atoms. The third kappa shape index (κ3) is 4.01. The number of halogens is 1. The number of hydrogen-bond donors (Lipinski definition) is 3. The predicted octanol–water partition coefficient (Wildman–Crippen LogP) is 3.02. The number of aromatic hydroxyl groups is 2. The summed E-state index contributed by atoms with van der Waals surface area (Å²) in [7, 11) is 1.48. The highest BCUT2D eigenvalue weighted by Crippen LogP contribution is 2.24. The summed E-state index contributed by atoms with van der Waals surface area (Å²) < 4.78 is 5.88. The molecule has 0 saturated heterocycles. The number of carbonyl (C=O) groups is 1. The molecule has 0 saturated carbocycles. The largest absolute Gasteiger partial charge is 0.508 e. The van der Waals surface area contributed by atoms with Gasteiger partial charge in [-0.25, -0.2) is 5.43 Å². The van der Waals surface area contributed by atoms with Crippen LogP contribution in [-0.4, -0.2) is 28.9 Å². The molecular formula is C16H15BrN2O4. The molecule has 0 spiro atoms. The van der Waals surface area contributed by atoms with Gasteiger partial charge in [0, 0.05) is 16.1 Å². The maximum absolute atomic E-state index is 12.2. The number of hydrazone groups is 1. The highest BCUT2D eigenvalue weighted by Gasteiger charge is 2.13. The quantitative estimate of drug-likeness (QED) is 0.563. The molecule has 0 atom stereocenters. The SMILES string of the molecule is COc1ccc(Br)cc1C(=O)N/N=C(/C)c1ccc(O)cc1O. The Kier molecular flexibility index (Phi) is 5.23. The lowest BCUT2D eigenvalue weighted by Gasteiger charge is -2.08. The van der Waals surface area contributed by atoms with Crippen LogP contribution in [0.15, 0.2) is 46.0 Å². The van der Waals surface area contributed by atoms with Crippen molar-refractivity contribution in [3.8, 4) is 17.2 Å². The average molecular weight is 379 g/mol. The van der Waals surface area contributed by atoms with E-state index in [-0.39, 0.29) is 11.5 Å². The first-order valence-corrected chi connectivity index (χ1v) is 7.42. The number of carbonyl (C=O) groups excluding carboxylic acids is 1. The van der Waals surface area contributed by atoms with Crippen molar-refractivity contribution in [3.63, 3.8) is 0 Å². The van der Waals surface area contributed by atoms with E-state index < -0.39 is 5.91 Å². The van der Waals surface area contributed by atoms with Gasteiger partial charge in [-0.3, -0.25) is 4.79 Å². The highest BCUT2D eigenvalue weighted by molar-refractivity contribution is 9.10. The summed E-state index contributed by atoms with van der Waals surface area (Å²) >= 11 is 3.30. The van der Waals surface area contributed by atoms with Crippen molar-refractivity contribution in [1.82, 2.24) is 5.43 Å². The lowest BCUT2D eigenvalue weighted by atomic mass is 10.1. The Bertz CT molecular complexity index is 775. The number of methoxy groups -OCH3 is 1. The van der Waals surface area contributed by atoms with E-state index in [9.17, 15) is 15.0 Å². The van der Waals surface area contributed by atoms with Gasteiger partial charge >= 0.3 is 0 Å². The summed E-state index contributed by atoms with van der Waals surface area (Å²) in [6.45, 7) is 1.63. The van der Waals surface area contributed by atoms with E-state index in [1.807, 2.05) is 0 Å². The Morgan fingerprint density at radius 3 is 2.57 bits per heavy atom. The van der Waals surface area contributed by atoms with E-state index in [0.717, 1.165) is 4.47 Å². The summed E-state index contributed by atoms with van der Waals surface area (Å²) in [5.41, 5.74) is 3.54. The summed E-state index contributed by atoms with van der Waals surface area (Å²) in [5, 5.41) is 23.0.